The maximum absolute atomic E-state index is 11.8. The molecule has 0 saturated carbocycles. The van der Waals surface area contributed by atoms with Crippen LogP contribution >= 0.6 is 0 Å². The van der Waals surface area contributed by atoms with Gasteiger partial charge in [-0.15, -0.1) is 0 Å². The van der Waals surface area contributed by atoms with E-state index in [-0.39, 0.29) is 5.91 Å². The fraction of sp³-hybridized carbons (Fsp3) is 0.474. The van der Waals surface area contributed by atoms with E-state index in [4.69, 9.17) is 14.7 Å². The molecule has 0 unspecified atom stereocenters. The summed E-state index contributed by atoms with van der Waals surface area (Å²) in [5.41, 5.74) is 2.91. The zero-order chi connectivity index (χ0) is 18.4. The van der Waals surface area contributed by atoms with Crippen molar-refractivity contribution in [3.8, 4) is 11.4 Å². The lowest BCUT2D eigenvalue weighted by Gasteiger charge is -2.28. The highest BCUT2D eigenvalue weighted by molar-refractivity contribution is 5.74. The molecule has 1 amide bonds. The zero-order valence-electron chi connectivity index (χ0n) is 15.4. The molecule has 1 N–H and O–H groups in total. The molecule has 0 atom stereocenters. The van der Waals surface area contributed by atoms with Gasteiger partial charge >= 0.3 is 0 Å². The summed E-state index contributed by atoms with van der Waals surface area (Å²) in [4.78, 5) is 27.1. The van der Waals surface area contributed by atoms with Gasteiger partial charge in [0.1, 0.15) is 5.82 Å². The van der Waals surface area contributed by atoms with E-state index in [1.54, 1.807) is 19.3 Å². The lowest BCUT2D eigenvalue weighted by molar-refractivity contribution is -0.129. The fourth-order valence-corrected chi connectivity index (χ4v) is 2.96. The summed E-state index contributed by atoms with van der Waals surface area (Å²) in [5.74, 6) is 1.56. The van der Waals surface area contributed by atoms with Crippen molar-refractivity contribution in [2.75, 3.05) is 31.6 Å². The highest BCUT2D eigenvalue weighted by Gasteiger charge is 2.24. The molecule has 2 aromatic heterocycles. The number of nitrogens with one attached hydrogen (secondary N) is 1. The third-order valence-electron chi connectivity index (χ3n) is 4.34. The monoisotopic (exact) mass is 355 g/mol. The molecule has 1 aliphatic rings. The highest BCUT2D eigenvalue weighted by atomic mass is 16.5. The van der Waals surface area contributed by atoms with Gasteiger partial charge in [0.05, 0.1) is 18.8 Å². The van der Waals surface area contributed by atoms with Gasteiger partial charge in [-0.2, -0.15) is 0 Å². The number of rotatable bonds is 7. The number of pyridine rings is 1. The van der Waals surface area contributed by atoms with Gasteiger partial charge in [0.15, 0.2) is 5.82 Å². The molecule has 0 fully saturated rings. The van der Waals surface area contributed by atoms with Gasteiger partial charge in [0.2, 0.25) is 5.91 Å². The zero-order valence-corrected chi connectivity index (χ0v) is 15.4. The molecule has 0 spiro atoms. The molecule has 7 heteroatoms. The van der Waals surface area contributed by atoms with E-state index >= 15 is 0 Å². The van der Waals surface area contributed by atoms with Crippen LogP contribution in [0.1, 0.15) is 31.5 Å². The molecule has 3 heterocycles. The number of ether oxygens (including phenoxy) is 1. The second kappa shape index (κ2) is 8.71. The highest BCUT2D eigenvalue weighted by Crippen LogP contribution is 2.27. The van der Waals surface area contributed by atoms with E-state index in [0.29, 0.717) is 32.1 Å². The predicted molar refractivity (Wildman–Crippen MR) is 99.7 cm³/mol. The maximum atomic E-state index is 11.8. The van der Waals surface area contributed by atoms with E-state index in [9.17, 15) is 4.79 Å². The quantitative estimate of drug-likeness (QED) is 0.768. The smallest absolute Gasteiger partial charge is 0.219 e. The third-order valence-corrected chi connectivity index (χ3v) is 4.34. The molecule has 0 radical (unpaired) electrons. The number of hydrogen-bond donors (Lipinski definition) is 1. The summed E-state index contributed by atoms with van der Waals surface area (Å²) in [7, 11) is 0. The first-order valence-electron chi connectivity index (χ1n) is 9.06. The van der Waals surface area contributed by atoms with Gasteiger partial charge in [0, 0.05) is 50.1 Å². The minimum atomic E-state index is 0.0715. The molecule has 2 aromatic rings. The van der Waals surface area contributed by atoms with Crippen LogP contribution in [0.2, 0.25) is 0 Å². The van der Waals surface area contributed by atoms with Gasteiger partial charge in [-0.3, -0.25) is 9.78 Å². The Kier molecular flexibility index (Phi) is 6.12. The Labute approximate surface area is 153 Å². The van der Waals surface area contributed by atoms with Crippen molar-refractivity contribution in [3.05, 3.63) is 35.8 Å². The Morgan fingerprint density at radius 3 is 2.81 bits per heavy atom. The summed E-state index contributed by atoms with van der Waals surface area (Å²) < 4.78 is 5.54. The summed E-state index contributed by atoms with van der Waals surface area (Å²) in [6.07, 6.45) is 5.22. The number of amides is 1. The van der Waals surface area contributed by atoms with Crippen molar-refractivity contribution in [2.45, 2.75) is 33.2 Å². The number of aromatic nitrogens is 3. The molecule has 1 aliphatic heterocycles. The average molecular weight is 355 g/mol. The van der Waals surface area contributed by atoms with Gasteiger partial charge in [-0.25, -0.2) is 9.97 Å². The van der Waals surface area contributed by atoms with Crippen LogP contribution in [0.15, 0.2) is 24.5 Å². The van der Waals surface area contributed by atoms with E-state index in [0.717, 1.165) is 42.1 Å². The predicted octanol–water partition coefficient (Wildman–Crippen LogP) is 2.28. The molecule has 7 nitrogen and oxygen atoms in total. The molecule has 26 heavy (non-hydrogen) atoms. The van der Waals surface area contributed by atoms with Crippen LogP contribution in [0.3, 0.4) is 0 Å². The number of anilines is 1. The first-order chi connectivity index (χ1) is 12.7. The molecule has 138 valence electrons. The third kappa shape index (κ3) is 4.35. The van der Waals surface area contributed by atoms with Gasteiger partial charge in [-0.05, 0) is 25.0 Å². The van der Waals surface area contributed by atoms with E-state index in [1.807, 2.05) is 17.0 Å². The van der Waals surface area contributed by atoms with Crippen LogP contribution in [-0.4, -0.2) is 52.1 Å². The van der Waals surface area contributed by atoms with Crippen molar-refractivity contribution in [1.29, 1.82) is 0 Å². The number of fused-ring (bicyclic) bond motifs is 1. The second-order valence-electron chi connectivity index (χ2n) is 6.29. The number of carbonyl (C=O) groups excluding carboxylic acids is 1. The van der Waals surface area contributed by atoms with Crippen LogP contribution in [0.25, 0.3) is 11.4 Å². The Morgan fingerprint density at radius 2 is 2.08 bits per heavy atom. The first-order valence-corrected chi connectivity index (χ1v) is 9.06. The van der Waals surface area contributed by atoms with E-state index < -0.39 is 0 Å². The lowest BCUT2D eigenvalue weighted by atomic mass is 10.0. The molecule has 0 aromatic carbocycles. The van der Waals surface area contributed by atoms with Crippen LogP contribution in [0.5, 0.6) is 0 Å². The van der Waals surface area contributed by atoms with Crippen LogP contribution in [0, 0.1) is 0 Å². The largest absolute Gasteiger partial charge is 0.380 e. The van der Waals surface area contributed by atoms with Crippen molar-refractivity contribution in [3.63, 3.8) is 0 Å². The van der Waals surface area contributed by atoms with Crippen LogP contribution < -0.4 is 5.32 Å². The van der Waals surface area contributed by atoms with Gasteiger partial charge < -0.3 is 15.0 Å². The van der Waals surface area contributed by atoms with Gasteiger partial charge in [-0.1, -0.05) is 6.92 Å². The molecular formula is C19H25N5O2. The Hall–Kier alpha value is -2.54. The minimum absolute atomic E-state index is 0.0715. The van der Waals surface area contributed by atoms with Gasteiger partial charge in [0.25, 0.3) is 0 Å². The number of nitrogens with zero attached hydrogens (tertiary/aromatic N) is 4. The SMILES string of the molecule is CCCOCCNc1nc(-c2ccncc2)nc2c1CCN(C(C)=O)C2. The molecular weight excluding hydrogens is 330 g/mol. The second-order valence-corrected chi connectivity index (χ2v) is 6.29. The van der Waals surface area contributed by atoms with Crippen molar-refractivity contribution < 1.29 is 9.53 Å². The van der Waals surface area contributed by atoms with Crippen molar-refractivity contribution in [1.82, 2.24) is 19.9 Å². The Bertz CT molecular complexity index is 751. The standard InChI is InChI=1S/C19H25N5O2/c1-3-11-26-12-9-21-19-16-6-10-24(14(2)25)13-17(16)22-18(23-19)15-4-7-20-8-5-15/h4-5,7-8H,3,6,9-13H2,1-2H3,(H,21,22,23). The average Bonchev–Trinajstić information content (AvgIpc) is 2.67. The summed E-state index contributed by atoms with van der Waals surface area (Å²) in [6, 6.07) is 3.78. The summed E-state index contributed by atoms with van der Waals surface area (Å²) in [5, 5.41) is 3.39. The first kappa shape index (κ1) is 18.3. The van der Waals surface area contributed by atoms with E-state index in [2.05, 4.69) is 17.2 Å². The summed E-state index contributed by atoms with van der Waals surface area (Å²) >= 11 is 0. The number of carbonyl (C=O) groups is 1. The molecule has 3 rings (SSSR count). The Balaban J connectivity index is 1.86. The topological polar surface area (TPSA) is 80.2 Å². The molecule has 0 saturated heterocycles. The van der Waals surface area contributed by atoms with Crippen molar-refractivity contribution in [2.24, 2.45) is 0 Å². The fourth-order valence-electron chi connectivity index (χ4n) is 2.96. The van der Waals surface area contributed by atoms with E-state index in [1.165, 1.54) is 0 Å². The molecule has 0 bridgehead atoms. The Morgan fingerprint density at radius 1 is 1.27 bits per heavy atom. The van der Waals surface area contributed by atoms with Crippen LogP contribution in [0.4, 0.5) is 5.82 Å². The minimum Gasteiger partial charge on any atom is -0.380 e. The summed E-state index contributed by atoms with van der Waals surface area (Å²) in [6.45, 7) is 7.00. The van der Waals surface area contributed by atoms with Crippen molar-refractivity contribution >= 4 is 11.7 Å². The lowest BCUT2D eigenvalue weighted by Crippen LogP contribution is -2.35. The maximum Gasteiger partial charge on any atom is 0.219 e. The van der Waals surface area contributed by atoms with Crippen LogP contribution in [-0.2, 0) is 22.5 Å². The number of hydrogen-bond acceptors (Lipinski definition) is 6. The normalized spacial score (nSPS) is 13.4. The molecule has 0 aliphatic carbocycles.